The third-order valence-corrected chi connectivity index (χ3v) is 4.90. The van der Waals surface area contributed by atoms with Crippen LogP contribution in [0.4, 0.5) is 0 Å². The van der Waals surface area contributed by atoms with Gasteiger partial charge in [-0.1, -0.05) is 0 Å². The average Bonchev–Trinajstić information content (AvgIpc) is 2.71. The van der Waals surface area contributed by atoms with Crippen molar-refractivity contribution < 1.29 is 0 Å². The van der Waals surface area contributed by atoms with Gasteiger partial charge in [0, 0.05) is 30.6 Å². The molecule has 6 heteroatoms. The first kappa shape index (κ1) is 17.7. The molecule has 1 aliphatic heterocycles. The number of hydrogen-bond donors (Lipinski definition) is 2. The molecule has 0 radical (unpaired) electrons. The summed E-state index contributed by atoms with van der Waals surface area (Å²) in [5.74, 6) is 3.35. The van der Waals surface area contributed by atoms with Crippen LogP contribution in [0.25, 0.3) is 0 Å². The largest absolute Gasteiger partial charge is 0.356 e. The van der Waals surface area contributed by atoms with Crippen molar-refractivity contribution in [2.75, 3.05) is 37.9 Å². The maximum Gasteiger partial charge on any atom is 0.191 e. The van der Waals surface area contributed by atoms with Gasteiger partial charge in [-0.15, -0.1) is 24.0 Å². The first-order chi connectivity index (χ1) is 7.70. The summed E-state index contributed by atoms with van der Waals surface area (Å²) in [5.41, 5.74) is 0. The highest BCUT2D eigenvalue weighted by Gasteiger charge is 2.29. The number of halogens is 1. The van der Waals surface area contributed by atoms with Crippen LogP contribution in [0.3, 0.4) is 0 Å². The number of hydrogen-bond acceptors (Lipinski definition) is 3. The van der Waals surface area contributed by atoms with Crippen LogP contribution >= 0.6 is 47.5 Å². The monoisotopic (exact) mass is 389 g/mol. The van der Waals surface area contributed by atoms with Crippen molar-refractivity contribution in [3.63, 3.8) is 0 Å². The maximum absolute atomic E-state index is 4.23. The van der Waals surface area contributed by atoms with Gasteiger partial charge in [-0.05, 0) is 31.8 Å². The van der Waals surface area contributed by atoms with E-state index in [1.54, 1.807) is 0 Å². The van der Waals surface area contributed by atoms with Crippen LogP contribution in [0, 0.1) is 0 Å². The molecule has 2 N–H and O–H groups in total. The maximum atomic E-state index is 4.23. The molecule has 0 amide bonds. The highest BCUT2D eigenvalue weighted by atomic mass is 127. The molecule has 0 aliphatic carbocycles. The van der Waals surface area contributed by atoms with Crippen LogP contribution in [0.5, 0.6) is 0 Å². The third-order valence-electron chi connectivity index (χ3n) is 2.75. The highest BCUT2D eigenvalue weighted by Crippen LogP contribution is 2.36. The standard InChI is InChI=1S/C11H23N3S2.HI/c1-11(5-4-7-16-11)9-14-10(12-2)13-6-8-15-3;/h4-9H2,1-3H3,(H2,12,13,14);1H. The summed E-state index contributed by atoms with van der Waals surface area (Å²) in [6.07, 6.45) is 4.78. The Morgan fingerprint density at radius 3 is 2.76 bits per heavy atom. The second kappa shape index (κ2) is 9.61. The molecule has 0 spiro atoms. The smallest absolute Gasteiger partial charge is 0.191 e. The van der Waals surface area contributed by atoms with Crippen LogP contribution in [0.2, 0.25) is 0 Å². The van der Waals surface area contributed by atoms with E-state index in [2.05, 4.69) is 40.6 Å². The van der Waals surface area contributed by atoms with Gasteiger partial charge >= 0.3 is 0 Å². The Labute approximate surface area is 131 Å². The summed E-state index contributed by atoms with van der Waals surface area (Å²) in [6.45, 7) is 4.33. The van der Waals surface area contributed by atoms with Crippen molar-refractivity contribution in [2.45, 2.75) is 24.5 Å². The van der Waals surface area contributed by atoms with Gasteiger partial charge in [-0.2, -0.15) is 23.5 Å². The Balaban J connectivity index is 0.00000256. The van der Waals surface area contributed by atoms with Gasteiger partial charge in [0.25, 0.3) is 0 Å². The molecule has 0 saturated carbocycles. The Kier molecular flexibility index (Phi) is 10.0. The number of guanidine groups is 1. The van der Waals surface area contributed by atoms with E-state index in [1.165, 1.54) is 18.6 Å². The molecule has 1 saturated heterocycles. The number of thioether (sulfide) groups is 2. The molecule has 1 atom stereocenters. The Hall–Kier alpha value is 0.700. The van der Waals surface area contributed by atoms with Crippen molar-refractivity contribution in [1.29, 1.82) is 0 Å². The molecule has 1 heterocycles. The van der Waals surface area contributed by atoms with E-state index in [4.69, 9.17) is 0 Å². The fourth-order valence-corrected chi connectivity index (χ4v) is 3.29. The number of nitrogens with one attached hydrogen (secondary N) is 2. The molecule has 17 heavy (non-hydrogen) atoms. The Bertz CT molecular complexity index is 231. The van der Waals surface area contributed by atoms with Crippen LogP contribution in [-0.4, -0.2) is 48.6 Å². The first-order valence-electron chi connectivity index (χ1n) is 5.77. The normalized spacial score (nSPS) is 24.3. The molecule has 102 valence electrons. The minimum atomic E-state index is 0. The summed E-state index contributed by atoms with van der Waals surface area (Å²) in [4.78, 5) is 4.23. The molecule has 0 bridgehead atoms. The van der Waals surface area contributed by atoms with Crippen LogP contribution in [0.15, 0.2) is 4.99 Å². The van der Waals surface area contributed by atoms with Gasteiger partial charge in [0.2, 0.25) is 0 Å². The van der Waals surface area contributed by atoms with Crippen molar-refractivity contribution in [2.24, 2.45) is 4.99 Å². The van der Waals surface area contributed by atoms with E-state index in [-0.39, 0.29) is 24.0 Å². The summed E-state index contributed by atoms with van der Waals surface area (Å²) in [6, 6.07) is 0. The molecule has 1 rings (SSSR count). The zero-order valence-electron chi connectivity index (χ0n) is 10.9. The molecule has 1 aliphatic rings. The molecule has 0 aromatic carbocycles. The lowest BCUT2D eigenvalue weighted by atomic mass is 10.1. The average molecular weight is 389 g/mol. The summed E-state index contributed by atoms with van der Waals surface area (Å²) in [5, 5.41) is 6.74. The van der Waals surface area contributed by atoms with Gasteiger partial charge < -0.3 is 10.6 Å². The molecule has 1 unspecified atom stereocenters. The number of aliphatic imine (C=N–C) groups is 1. The van der Waals surface area contributed by atoms with E-state index in [0.29, 0.717) is 4.75 Å². The first-order valence-corrected chi connectivity index (χ1v) is 8.15. The number of nitrogens with zero attached hydrogens (tertiary/aromatic N) is 1. The highest BCUT2D eigenvalue weighted by molar-refractivity contribution is 14.0. The lowest BCUT2D eigenvalue weighted by Gasteiger charge is -2.24. The quantitative estimate of drug-likeness (QED) is 0.328. The van der Waals surface area contributed by atoms with Crippen LogP contribution < -0.4 is 10.6 Å². The third kappa shape index (κ3) is 7.00. The lowest BCUT2D eigenvalue weighted by molar-refractivity contribution is 0.585. The second-order valence-corrected chi connectivity index (χ2v) is 6.92. The zero-order chi connectivity index (χ0) is 11.9. The van der Waals surface area contributed by atoms with E-state index >= 15 is 0 Å². The van der Waals surface area contributed by atoms with Crippen molar-refractivity contribution in [3.8, 4) is 0 Å². The molecule has 0 aromatic heterocycles. The topological polar surface area (TPSA) is 36.4 Å². The van der Waals surface area contributed by atoms with Gasteiger partial charge in [0.05, 0.1) is 0 Å². The molecule has 3 nitrogen and oxygen atoms in total. The summed E-state index contributed by atoms with van der Waals surface area (Å²) < 4.78 is 0.400. The zero-order valence-corrected chi connectivity index (χ0v) is 14.9. The minimum absolute atomic E-state index is 0. The molecular weight excluding hydrogens is 365 g/mol. The summed E-state index contributed by atoms with van der Waals surface area (Å²) in [7, 11) is 1.83. The van der Waals surface area contributed by atoms with Gasteiger partial charge in [-0.3, -0.25) is 4.99 Å². The van der Waals surface area contributed by atoms with Crippen LogP contribution in [-0.2, 0) is 0 Å². The van der Waals surface area contributed by atoms with E-state index in [0.717, 1.165) is 24.8 Å². The predicted octanol–water partition coefficient (Wildman–Crippen LogP) is 2.42. The van der Waals surface area contributed by atoms with E-state index in [9.17, 15) is 0 Å². The van der Waals surface area contributed by atoms with Gasteiger partial charge in [-0.25, -0.2) is 0 Å². The van der Waals surface area contributed by atoms with Crippen molar-refractivity contribution >= 4 is 53.5 Å². The molecular formula is C11H24IN3S2. The second-order valence-electron chi connectivity index (χ2n) is 4.25. The van der Waals surface area contributed by atoms with Crippen molar-refractivity contribution in [3.05, 3.63) is 0 Å². The van der Waals surface area contributed by atoms with Gasteiger partial charge in [0.1, 0.15) is 0 Å². The number of rotatable bonds is 5. The fraction of sp³-hybridized carbons (Fsp3) is 0.909. The fourth-order valence-electron chi connectivity index (χ4n) is 1.74. The van der Waals surface area contributed by atoms with E-state index < -0.39 is 0 Å². The molecule has 0 aromatic rings. The predicted molar refractivity (Wildman–Crippen MR) is 93.3 cm³/mol. The van der Waals surface area contributed by atoms with Crippen molar-refractivity contribution in [1.82, 2.24) is 10.6 Å². The Morgan fingerprint density at radius 2 is 2.24 bits per heavy atom. The summed E-state index contributed by atoms with van der Waals surface area (Å²) >= 11 is 3.92. The Morgan fingerprint density at radius 1 is 1.47 bits per heavy atom. The molecule has 1 fully saturated rings. The van der Waals surface area contributed by atoms with Gasteiger partial charge in [0.15, 0.2) is 5.96 Å². The minimum Gasteiger partial charge on any atom is -0.356 e. The van der Waals surface area contributed by atoms with E-state index in [1.807, 2.05) is 18.8 Å². The lowest BCUT2D eigenvalue weighted by Crippen LogP contribution is -2.44. The SMILES string of the molecule is CN=C(NCCSC)NCC1(C)CCCS1.I. The van der Waals surface area contributed by atoms with Crippen LogP contribution in [0.1, 0.15) is 19.8 Å².